The molecule has 0 atom stereocenters. The van der Waals surface area contributed by atoms with Crippen LogP contribution in [0.4, 0.5) is 0 Å². The predicted molar refractivity (Wildman–Crippen MR) is 82.3 cm³/mol. The van der Waals surface area contributed by atoms with Crippen LogP contribution in [0, 0.1) is 6.92 Å². The number of halogens is 1. The van der Waals surface area contributed by atoms with E-state index in [9.17, 15) is 9.59 Å². The number of nitrogens with zero attached hydrogens (tertiary/aromatic N) is 5. The van der Waals surface area contributed by atoms with Crippen molar-refractivity contribution in [3.8, 4) is 11.5 Å². The molecule has 2 heterocycles. The first kappa shape index (κ1) is 15.2. The van der Waals surface area contributed by atoms with Crippen LogP contribution >= 0.6 is 11.6 Å². The van der Waals surface area contributed by atoms with Crippen molar-refractivity contribution < 1.29 is 4.42 Å². The van der Waals surface area contributed by atoms with E-state index in [0.717, 1.165) is 9.25 Å². The van der Waals surface area contributed by atoms with Gasteiger partial charge < -0.3 is 4.42 Å². The molecule has 0 saturated heterocycles. The number of hydrogen-bond donors (Lipinski definition) is 0. The molecule has 0 bridgehead atoms. The zero-order valence-corrected chi connectivity index (χ0v) is 13.1. The summed E-state index contributed by atoms with van der Waals surface area (Å²) in [6.07, 6.45) is 0. The highest BCUT2D eigenvalue weighted by Crippen LogP contribution is 2.26. The molecule has 0 N–H and O–H groups in total. The van der Waals surface area contributed by atoms with Gasteiger partial charge in [-0.15, -0.1) is 10.2 Å². The molecule has 0 aliphatic rings. The molecule has 0 unspecified atom stereocenters. The van der Waals surface area contributed by atoms with Crippen LogP contribution in [0.2, 0.25) is 5.02 Å². The van der Waals surface area contributed by atoms with Gasteiger partial charge in [0.15, 0.2) is 0 Å². The quantitative estimate of drug-likeness (QED) is 0.709. The van der Waals surface area contributed by atoms with Crippen LogP contribution < -0.4 is 11.2 Å². The third-order valence-electron chi connectivity index (χ3n) is 3.23. The van der Waals surface area contributed by atoms with E-state index in [4.69, 9.17) is 16.0 Å². The zero-order valence-electron chi connectivity index (χ0n) is 12.4. The van der Waals surface area contributed by atoms with Crippen molar-refractivity contribution in [3.05, 3.63) is 61.7 Å². The Morgan fingerprint density at radius 3 is 2.70 bits per heavy atom. The molecule has 0 amide bonds. The van der Waals surface area contributed by atoms with E-state index in [2.05, 4.69) is 15.3 Å². The summed E-state index contributed by atoms with van der Waals surface area (Å²) in [5, 5.41) is 12.1. The number of aromatic nitrogens is 5. The molecule has 0 saturated carbocycles. The molecule has 0 spiro atoms. The number of aryl methyl sites for hydroxylation is 2. The summed E-state index contributed by atoms with van der Waals surface area (Å²) in [7, 11) is 1.47. The van der Waals surface area contributed by atoms with Crippen LogP contribution in [0.3, 0.4) is 0 Å². The van der Waals surface area contributed by atoms with Gasteiger partial charge in [-0.3, -0.25) is 4.79 Å². The SMILES string of the molecule is Cc1nn(C)c(=O)n(Cc2nnc(-c3ccccc3Cl)o2)c1=O. The summed E-state index contributed by atoms with van der Waals surface area (Å²) in [6, 6.07) is 7.01. The van der Waals surface area contributed by atoms with Crippen molar-refractivity contribution in [2.45, 2.75) is 13.5 Å². The van der Waals surface area contributed by atoms with Crippen LogP contribution in [0.1, 0.15) is 11.6 Å². The first-order valence-corrected chi connectivity index (χ1v) is 7.07. The molecule has 1 aromatic carbocycles. The van der Waals surface area contributed by atoms with E-state index < -0.39 is 11.2 Å². The van der Waals surface area contributed by atoms with E-state index >= 15 is 0 Å². The van der Waals surface area contributed by atoms with Gasteiger partial charge in [0.05, 0.1) is 10.6 Å². The zero-order chi connectivity index (χ0) is 16.6. The summed E-state index contributed by atoms with van der Waals surface area (Å²) < 4.78 is 7.59. The van der Waals surface area contributed by atoms with Crippen molar-refractivity contribution in [2.75, 3.05) is 0 Å². The number of benzene rings is 1. The third kappa shape index (κ3) is 2.80. The molecular formula is C14H12ClN5O3. The molecule has 23 heavy (non-hydrogen) atoms. The van der Waals surface area contributed by atoms with Gasteiger partial charge in [-0.1, -0.05) is 23.7 Å². The van der Waals surface area contributed by atoms with Gasteiger partial charge in [0.2, 0.25) is 11.8 Å². The van der Waals surface area contributed by atoms with Gasteiger partial charge in [-0.2, -0.15) is 5.10 Å². The van der Waals surface area contributed by atoms with Gasteiger partial charge in [-0.05, 0) is 19.1 Å². The molecule has 0 aliphatic heterocycles. The normalized spacial score (nSPS) is 10.9. The lowest BCUT2D eigenvalue weighted by Gasteiger charge is -2.04. The highest BCUT2D eigenvalue weighted by Gasteiger charge is 2.15. The highest BCUT2D eigenvalue weighted by molar-refractivity contribution is 6.33. The minimum absolute atomic E-state index is 0.129. The fourth-order valence-corrected chi connectivity index (χ4v) is 2.32. The molecule has 118 valence electrons. The first-order valence-electron chi connectivity index (χ1n) is 6.69. The lowest BCUT2D eigenvalue weighted by molar-refractivity contribution is 0.462. The van der Waals surface area contributed by atoms with Crippen molar-refractivity contribution in [2.24, 2.45) is 7.05 Å². The Kier molecular flexibility index (Phi) is 3.83. The molecule has 0 radical (unpaired) electrons. The topological polar surface area (TPSA) is 95.8 Å². The molecule has 8 nitrogen and oxygen atoms in total. The lowest BCUT2D eigenvalue weighted by atomic mass is 10.2. The Labute approximate surface area is 135 Å². The molecular weight excluding hydrogens is 322 g/mol. The van der Waals surface area contributed by atoms with E-state index in [0.29, 0.717) is 10.6 Å². The standard InChI is InChI=1S/C14H12ClN5O3/c1-8-13(21)20(14(22)19(2)18-8)7-11-16-17-12(23-11)9-5-3-4-6-10(9)15/h3-6H,7H2,1-2H3. The molecule has 3 rings (SSSR count). The van der Waals surface area contributed by atoms with Gasteiger partial charge in [0, 0.05) is 7.05 Å². The van der Waals surface area contributed by atoms with Gasteiger partial charge in [0.25, 0.3) is 5.56 Å². The Morgan fingerprint density at radius 2 is 1.96 bits per heavy atom. The highest BCUT2D eigenvalue weighted by atomic mass is 35.5. The Hall–Kier alpha value is -2.74. The summed E-state index contributed by atoms with van der Waals surface area (Å²) in [5.41, 5.74) is -0.263. The van der Waals surface area contributed by atoms with Gasteiger partial charge in [-0.25, -0.2) is 14.0 Å². The van der Waals surface area contributed by atoms with E-state index in [-0.39, 0.29) is 24.0 Å². The van der Waals surface area contributed by atoms with Crippen molar-refractivity contribution in [3.63, 3.8) is 0 Å². The van der Waals surface area contributed by atoms with Crippen LogP contribution in [-0.4, -0.2) is 24.5 Å². The fourth-order valence-electron chi connectivity index (χ4n) is 2.10. The number of hydrogen-bond acceptors (Lipinski definition) is 6. The smallest absolute Gasteiger partial charge is 0.347 e. The van der Waals surface area contributed by atoms with Gasteiger partial charge in [0.1, 0.15) is 12.2 Å². The molecule has 9 heteroatoms. The van der Waals surface area contributed by atoms with Crippen molar-refractivity contribution >= 4 is 11.6 Å². The van der Waals surface area contributed by atoms with Crippen LogP contribution in [-0.2, 0) is 13.6 Å². The summed E-state index contributed by atoms with van der Waals surface area (Å²) >= 11 is 6.08. The molecule has 2 aromatic heterocycles. The average molecular weight is 334 g/mol. The molecule has 3 aromatic rings. The Bertz CT molecular complexity index is 954. The van der Waals surface area contributed by atoms with E-state index in [1.165, 1.54) is 14.0 Å². The maximum Gasteiger partial charge on any atom is 0.347 e. The summed E-state index contributed by atoms with van der Waals surface area (Å²) in [5.74, 6) is 0.353. The van der Waals surface area contributed by atoms with Gasteiger partial charge >= 0.3 is 5.69 Å². The Morgan fingerprint density at radius 1 is 1.22 bits per heavy atom. The number of rotatable bonds is 3. The van der Waals surface area contributed by atoms with Crippen molar-refractivity contribution in [1.29, 1.82) is 0 Å². The predicted octanol–water partition coefficient (Wildman–Crippen LogP) is 1.00. The maximum atomic E-state index is 12.1. The second-order valence-corrected chi connectivity index (χ2v) is 5.27. The van der Waals surface area contributed by atoms with Crippen molar-refractivity contribution in [1.82, 2.24) is 24.5 Å². The monoisotopic (exact) mass is 333 g/mol. The minimum Gasteiger partial charge on any atom is -0.419 e. The van der Waals surface area contributed by atoms with E-state index in [1.54, 1.807) is 24.3 Å². The largest absolute Gasteiger partial charge is 0.419 e. The second-order valence-electron chi connectivity index (χ2n) is 4.86. The summed E-state index contributed by atoms with van der Waals surface area (Å²) in [4.78, 5) is 24.1. The third-order valence-corrected chi connectivity index (χ3v) is 3.56. The van der Waals surface area contributed by atoms with Crippen LogP contribution in [0.25, 0.3) is 11.5 Å². The van der Waals surface area contributed by atoms with Crippen LogP contribution in [0.5, 0.6) is 0 Å². The summed E-state index contributed by atoms with van der Waals surface area (Å²) in [6.45, 7) is 1.40. The lowest BCUT2D eigenvalue weighted by Crippen LogP contribution is -2.42. The first-order chi connectivity index (χ1) is 11.0. The average Bonchev–Trinajstić information content (AvgIpc) is 2.98. The van der Waals surface area contributed by atoms with E-state index in [1.807, 2.05) is 0 Å². The Balaban J connectivity index is 2.00. The fraction of sp³-hybridized carbons (Fsp3) is 0.214. The second kappa shape index (κ2) is 5.81. The minimum atomic E-state index is -0.557. The molecule has 0 fully saturated rings. The molecule has 0 aliphatic carbocycles. The van der Waals surface area contributed by atoms with Crippen LogP contribution in [0.15, 0.2) is 38.3 Å². The maximum absolute atomic E-state index is 12.1.